The highest BCUT2D eigenvalue weighted by Crippen LogP contribution is 2.37. The molecule has 1 aliphatic rings. The number of rotatable bonds is 0. The number of anilines is 3. The zero-order chi connectivity index (χ0) is 10.3. The Labute approximate surface area is 89.0 Å². The summed E-state index contributed by atoms with van der Waals surface area (Å²) in [6.45, 7) is 2.04. The average Bonchev–Trinajstić information content (AvgIpc) is 2.15. The van der Waals surface area contributed by atoms with Crippen molar-refractivity contribution in [2.45, 2.75) is 0 Å². The molecule has 1 aromatic carbocycles. The molecular weight excluding hydrogens is 198 g/mol. The first kappa shape index (κ1) is 9.46. The third kappa shape index (κ3) is 1.38. The number of benzene rings is 1. The smallest absolute Gasteiger partial charge is 0.0657 e. The number of halogens is 1. The van der Waals surface area contributed by atoms with Crippen LogP contribution in [-0.2, 0) is 0 Å². The maximum absolute atomic E-state index is 5.99. The van der Waals surface area contributed by atoms with E-state index in [0.29, 0.717) is 10.7 Å². The van der Waals surface area contributed by atoms with Crippen LogP contribution in [0.1, 0.15) is 0 Å². The lowest BCUT2D eigenvalue weighted by Gasteiger charge is -2.35. The Morgan fingerprint density at radius 1 is 1.14 bits per heavy atom. The standard InChI is InChI=1S/C10H14ClN3/c1-13-3-4-14(2)10-6-8(12)7(11)5-9(10)13/h5-6H,3-4,12H2,1-2H3. The SMILES string of the molecule is CN1CCN(C)c2cc(Cl)c(N)cc21. The van der Waals surface area contributed by atoms with Crippen LogP contribution in [0.3, 0.4) is 0 Å². The normalized spacial score (nSPS) is 15.6. The molecule has 0 spiro atoms. The Balaban J connectivity index is 2.56. The molecule has 0 aromatic heterocycles. The number of nitrogens with two attached hydrogens (primary N) is 1. The van der Waals surface area contributed by atoms with Gasteiger partial charge in [0.05, 0.1) is 22.1 Å². The highest BCUT2D eigenvalue weighted by molar-refractivity contribution is 6.33. The molecule has 3 nitrogen and oxygen atoms in total. The van der Waals surface area contributed by atoms with Gasteiger partial charge in [-0.1, -0.05) is 11.6 Å². The predicted octanol–water partition coefficient (Wildman–Crippen LogP) is 1.81. The molecule has 1 heterocycles. The largest absolute Gasteiger partial charge is 0.397 e. The van der Waals surface area contributed by atoms with E-state index in [-0.39, 0.29) is 0 Å². The van der Waals surface area contributed by atoms with E-state index in [4.69, 9.17) is 17.3 Å². The van der Waals surface area contributed by atoms with Crippen LogP contribution >= 0.6 is 11.6 Å². The predicted molar refractivity (Wildman–Crippen MR) is 62.4 cm³/mol. The van der Waals surface area contributed by atoms with E-state index in [1.54, 1.807) is 0 Å². The summed E-state index contributed by atoms with van der Waals surface area (Å²) >= 11 is 5.99. The van der Waals surface area contributed by atoms with Gasteiger partial charge in [0.15, 0.2) is 0 Å². The first-order valence-electron chi connectivity index (χ1n) is 4.61. The van der Waals surface area contributed by atoms with Gasteiger partial charge in [-0.2, -0.15) is 0 Å². The summed E-state index contributed by atoms with van der Waals surface area (Å²) in [6, 6.07) is 3.87. The molecular formula is C10H14ClN3. The zero-order valence-electron chi connectivity index (χ0n) is 8.42. The summed E-state index contributed by atoms with van der Waals surface area (Å²) in [7, 11) is 4.14. The van der Waals surface area contributed by atoms with Crippen molar-refractivity contribution >= 4 is 28.7 Å². The second-order valence-corrected chi connectivity index (χ2v) is 4.11. The lowest BCUT2D eigenvalue weighted by molar-refractivity contribution is 0.798. The van der Waals surface area contributed by atoms with Crippen molar-refractivity contribution in [1.82, 2.24) is 0 Å². The molecule has 76 valence electrons. The molecule has 14 heavy (non-hydrogen) atoms. The average molecular weight is 212 g/mol. The monoisotopic (exact) mass is 211 g/mol. The summed E-state index contributed by atoms with van der Waals surface area (Å²) in [4.78, 5) is 4.39. The van der Waals surface area contributed by atoms with Gasteiger partial charge in [-0.25, -0.2) is 0 Å². The summed E-state index contributed by atoms with van der Waals surface area (Å²) in [5, 5.41) is 0.630. The molecule has 0 amide bonds. The number of nitrogen functional groups attached to an aromatic ring is 1. The number of hydrogen-bond donors (Lipinski definition) is 1. The molecule has 1 aromatic rings. The third-order valence-electron chi connectivity index (χ3n) is 2.69. The van der Waals surface area contributed by atoms with Crippen LogP contribution in [0.15, 0.2) is 12.1 Å². The van der Waals surface area contributed by atoms with E-state index < -0.39 is 0 Å². The van der Waals surface area contributed by atoms with E-state index in [1.165, 1.54) is 0 Å². The molecule has 0 fully saturated rings. The summed E-state index contributed by atoms with van der Waals surface area (Å²) in [6.07, 6.45) is 0. The van der Waals surface area contributed by atoms with Gasteiger partial charge in [-0.3, -0.25) is 0 Å². The molecule has 0 saturated carbocycles. The van der Waals surface area contributed by atoms with E-state index in [2.05, 4.69) is 23.9 Å². The van der Waals surface area contributed by atoms with Crippen LogP contribution in [0.2, 0.25) is 5.02 Å². The molecule has 0 bridgehead atoms. The van der Waals surface area contributed by atoms with E-state index in [9.17, 15) is 0 Å². The quantitative estimate of drug-likeness (QED) is 0.665. The van der Waals surface area contributed by atoms with E-state index in [0.717, 1.165) is 24.5 Å². The molecule has 1 aliphatic heterocycles. The molecule has 0 unspecified atom stereocenters. The topological polar surface area (TPSA) is 32.5 Å². The third-order valence-corrected chi connectivity index (χ3v) is 3.01. The molecule has 2 rings (SSSR count). The number of nitrogens with zero attached hydrogens (tertiary/aromatic N) is 2. The summed E-state index contributed by atoms with van der Waals surface area (Å²) < 4.78 is 0. The van der Waals surface area contributed by atoms with E-state index >= 15 is 0 Å². The molecule has 0 atom stereocenters. The minimum atomic E-state index is 0.630. The Hall–Kier alpha value is -1.09. The van der Waals surface area contributed by atoms with Gasteiger partial charge in [0.25, 0.3) is 0 Å². The van der Waals surface area contributed by atoms with Crippen molar-refractivity contribution in [3.8, 4) is 0 Å². The second kappa shape index (κ2) is 3.24. The number of hydrogen-bond acceptors (Lipinski definition) is 3. The minimum absolute atomic E-state index is 0.630. The van der Waals surface area contributed by atoms with Crippen molar-refractivity contribution < 1.29 is 0 Å². The van der Waals surface area contributed by atoms with Crippen LogP contribution < -0.4 is 15.5 Å². The van der Waals surface area contributed by atoms with E-state index in [1.807, 2.05) is 12.1 Å². The maximum atomic E-state index is 5.99. The van der Waals surface area contributed by atoms with Gasteiger partial charge in [-0.15, -0.1) is 0 Å². The van der Waals surface area contributed by atoms with Crippen LogP contribution in [0.5, 0.6) is 0 Å². The van der Waals surface area contributed by atoms with Gasteiger partial charge in [0.1, 0.15) is 0 Å². The first-order chi connectivity index (χ1) is 6.59. The van der Waals surface area contributed by atoms with Crippen molar-refractivity contribution in [2.75, 3.05) is 42.7 Å². The molecule has 4 heteroatoms. The van der Waals surface area contributed by atoms with Gasteiger partial charge >= 0.3 is 0 Å². The van der Waals surface area contributed by atoms with Crippen molar-refractivity contribution in [3.63, 3.8) is 0 Å². The fourth-order valence-electron chi connectivity index (χ4n) is 1.72. The Bertz CT molecular complexity index is 330. The molecule has 0 radical (unpaired) electrons. The second-order valence-electron chi connectivity index (χ2n) is 3.71. The van der Waals surface area contributed by atoms with Crippen LogP contribution in [-0.4, -0.2) is 27.2 Å². The Morgan fingerprint density at radius 3 is 2.21 bits per heavy atom. The first-order valence-corrected chi connectivity index (χ1v) is 4.98. The lowest BCUT2D eigenvalue weighted by atomic mass is 10.1. The fraction of sp³-hybridized carbons (Fsp3) is 0.400. The van der Waals surface area contributed by atoms with Gasteiger partial charge < -0.3 is 15.5 Å². The Kier molecular flexibility index (Phi) is 2.19. The molecule has 0 saturated heterocycles. The summed E-state index contributed by atoms with van der Waals surface area (Å²) in [5.74, 6) is 0. The van der Waals surface area contributed by atoms with Crippen LogP contribution in [0.25, 0.3) is 0 Å². The van der Waals surface area contributed by atoms with Gasteiger partial charge in [-0.05, 0) is 12.1 Å². The molecule has 2 N–H and O–H groups in total. The van der Waals surface area contributed by atoms with Crippen molar-refractivity contribution in [2.24, 2.45) is 0 Å². The van der Waals surface area contributed by atoms with Crippen molar-refractivity contribution in [3.05, 3.63) is 17.2 Å². The maximum Gasteiger partial charge on any atom is 0.0657 e. The molecule has 0 aliphatic carbocycles. The highest BCUT2D eigenvalue weighted by Gasteiger charge is 2.18. The zero-order valence-corrected chi connectivity index (χ0v) is 9.17. The minimum Gasteiger partial charge on any atom is -0.397 e. The van der Waals surface area contributed by atoms with Crippen molar-refractivity contribution in [1.29, 1.82) is 0 Å². The van der Waals surface area contributed by atoms with Crippen LogP contribution in [0, 0.1) is 0 Å². The van der Waals surface area contributed by atoms with Crippen LogP contribution in [0.4, 0.5) is 17.1 Å². The fourth-order valence-corrected chi connectivity index (χ4v) is 1.88. The highest BCUT2D eigenvalue weighted by atomic mass is 35.5. The number of fused-ring (bicyclic) bond motifs is 1. The number of likely N-dealkylation sites (N-methyl/N-ethyl adjacent to an activating group) is 2. The lowest BCUT2D eigenvalue weighted by Crippen LogP contribution is -2.36. The van der Waals surface area contributed by atoms with Gasteiger partial charge in [0.2, 0.25) is 0 Å². The Morgan fingerprint density at radius 2 is 1.64 bits per heavy atom. The summed E-state index contributed by atoms with van der Waals surface area (Å²) in [5.41, 5.74) is 8.72. The van der Waals surface area contributed by atoms with Gasteiger partial charge in [0, 0.05) is 27.2 Å².